The molecule has 0 N–H and O–H groups in total. The molecular weight excluding hydrogens is 254 g/mol. The van der Waals surface area contributed by atoms with E-state index in [2.05, 4.69) is 79.7 Å². The largest absolute Gasteiger partial charge is 0.302 e. The van der Waals surface area contributed by atoms with E-state index in [1.54, 1.807) is 0 Å². The van der Waals surface area contributed by atoms with E-state index in [9.17, 15) is 0 Å². The van der Waals surface area contributed by atoms with Crippen molar-refractivity contribution in [1.29, 1.82) is 0 Å². The zero-order valence-corrected chi connectivity index (χ0v) is 12.9. The Labute approximate surface area is 127 Å². The summed E-state index contributed by atoms with van der Waals surface area (Å²) in [7, 11) is 4.39. The average Bonchev–Trinajstić information content (AvgIpc) is 2.55. The predicted octanol–water partition coefficient (Wildman–Crippen LogP) is 4.71. The monoisotopic (exact) mass is 277 g/mol. The van der Waals surface area contributed by atoms with Crippen LogP contribution in [-0.2, 0) is 0 Å². The molecule has 1 aliphatic rings. The quantitative estimate of drug-likeness (QED) is 0.785. The molecule has 0 amide bonds. The summed E-state index contributed by atoms with van der Waals surface area (Å²) in [6.45, 7) is 0. The van der Waals surface area contributed by atoms with Crippen molar-refractivity contribution < 1.29 is 0 Å². The predicted molar refractivity (Wildman–Crippen MR) is 91.0 cm³/mol. The molecule has 1 atom stereocenters. The van der Waals surface area contributed by atoms with Gasteiger partial charge in [-0.15, -0.1) is 0 Å². The van der Waals surface area contributed by atoms with Gasteiger partial charge >= 0.3 is 0 Å². The van der Waals surface area contributed by atoms with Crippen molar-refractivity contribution in [2.45, 2.75) is 25.3 Å². The van der Waals surface area contributed by atoms with Gasteiger partial charge in [0.1, 0.15) is 0 Å². The first-order chi connectivity index (χ1) is 10.3. The molecule has 0 radical (unpaired) electrons. The minimum absolute atomic E-state index is 0.511. The van der Waals surface area contributed by atoms with Gasteiger partial charge in [-0.05, 0) is 55.6 Å². The van der Waals surface area contributed by atoms with Crippen LogP contribution in [0.5, 0.6) is 0 Å². The third-order valence-corrected chi connectivity index (χ3v) is 4.39. The van der Waals surface area contributed by atoms with Crippen molar-refractivity contribution in [3.8, 4) is 0 Å². The fourth-order valence-electron chi connectivity index (χ4n) is 3.39. The molecule has 0 aromatic heterocycles. The van der Waals surface area contributed by atoms with E-state index in [-0.39, 0.29) is 0 Å². The standard InChI is InChI=1S/C20H23N/c1-21(2)19-15-9-14-18(16-10-5-3-6-11-16)20(19)17-12-7-4-8-13-17/h3-8,10-13,19H,9,14-15H2,1-2H3. The molecule has 1 nitrogen and oxygen atoms in total. The van der Waals surface area contributed by atoms with Crippen molar-refractivity contribution in [2.75, 3.05) is 14.1 Å². The minimum atomic E-state index is 0.511. The highest BCUT2D eigenvalue weighted by Crippen LogP contribution is 2.39. The molecule has 1 aliphatic carbocycles. The van der Waals surface area contributed by atoms with Gasteiger partial charge in [-0.3, -0.25) is 0 Å². The maximum absolute atomic E-state index is 2.37. The molecule has 108 valence electrons. The lowest BCUT2D eigenvalue weighted by atomic mass is 9.80. The molecule has 21 heavy (non-hydrogen) atoms. The van der Waals surface area contributed by atoms with Gasteiger partial charge in [0.15, 0.2) is 0 Å². The van der Waals surface area contributed by atoms with Crippen LogP contribution in [0.3, 0.4) is 0 Å². The molecule has 3 rings (SSSR count). The Kier molecular flexibility index (Phi) is 4.21. The summed E-state index contributed by atoms with van der Waals surface area (Å²) >= 11 is 0. The van der Waals surface area contributed by atoms with Crippen LogP contribution < -0.4 is 0 Å². The second-order valence-corrected chi connectivity index (χ2v) is 6.00. The Hall–Kier alpha value is -1.86. The Morgan fingerprint density at radius 3 is 1.95 bits per heavy atom. The van der Waals surface area contributed by atoms with Gasteiger partial charge in [0.25, 0.3) is 0 Å². The topological polar surface area (TPSA) is 3.24 Å². The van der Waals surface area contributed by atoms with E-state index in [0.717, 1.165) is 0 Å². The van der Waals surface area contributed by atoms with E-state index in [0.29, 0.717) is 6.04 Å². The van der Waals surface area contributed by atoms with Crippen LogP contribution in [0.4, 0.5) is 0 Å². The number of hydrogen-bond donors (Lipinski definition) is 0. The Morgan fingerprint density at radius 2 is 1.38 bits per heavy atom. The Morgan fingerprint density at radius 1 is 0.810 bits per heavy atom. The summed E-state index contributed by atoms with van der Waals surface area (Å²) in [4.78, 5) is 2.37. The lowest BCUT2D eigenvalue weighted by molar-refractivity contribution is 0.328. The van der Waals surface area contributed by atoms with Crippen molar-refractivity contribution >= 4 is 11.1 Å². The molecule has 0 saturated heterocycles. The molecule has 0 aliphatic heterocycles. The summed E-state index contributed by atoms with van der Waals surface area (Å²) in [5.41, 5.74) is 5.78. The molecule has 0 bridgehead atoms. The third kappa shape index (κ3) is 2.93. The zero-order chi connectivity index (χ0) is 14.7. The van der Waals surface area contributed by atoms with Crippen LogP contribution in [0.1, 0.15) is 30.4 Å². The molecule has 1 unspecified atom stereocenters. The molecule has 2 aromatic carbocycles. The van der Waals surface area contributed by atoms with E-state index < -0.39 is 0 Å². The first kappa shape index (κ1) is 14.1. The summed E-state index contributed by atoms with van der Waals surface area (Å²) < 4.78 is 0. The average molecular weight is 277 g/mol. The second kappa shape index (κ2) is 6.28. The van der Waals surface area contributed by atoms with Crippen molar-refractivity contribution in [3.05, 3.63) is 71.8 Å². The van der Waals surface area contributed by atoms with Crippen LogP contribution in [-0.4, -0.2) is 25.0 Å². The highest BCUT2D eigenvalue weighted by atomic mass is 15.1. The van der Waals surface area contributed by atoms with Gasteiger partial charge in [0, 0.05) is 6.04 Å². The molecule has 1 heteroatoms. The van der Waals surface area contributed by atoms with Crippen LogP contribution in [0.15, 0.2) is 60.7 Å². The number of nitrogens with zero attached hydrogens (tertiary/aromatic N) is 1. The van der Waals surface area contributed by atoms with Gasteiger partial charge in [-0.25, -0.2) is 0 Å². The van der Waals surface area contributed by atoms with E-state index in [1.807, 2.05) is 0 Å². The fourth-order valence-corrected chi connectivity index (χ4v) is 3.39. The van der Waals surface area contributed by atoms with Crippen LogP contribution in [0.25, 0.3) is 11.1 Å². The summed E-state index contributed by atoms with van der Waals surface area (Å²) in [5, 5.41) is 0. The number of likely N-dealkylation sites (N-methyl/N-ethyl adjacent to an activating group) is 1. The fraction of sp³-hybridized carbons (Fsp3) is 0.300. The van der Waals surface area contributed by atoms with Crippen LogP contribution in [0.2, 0.25) is 0 Å². The lowest BCUT2D eigenvalue weighted by Gasteiger charge is -2.34. The van der Waals surface area contributed by atoms with E-state index >= 15 is 0 Å². The normalized spacial score (nSPS) is 19.1. The molecule has 2 aromatic rings. The van der Waals surface area contributed by atoms with Gasteiger partial charge in [-0.2, -0.15) is 0 Å². The second-order valence-electron chi connectivity index (χ2n) is 6.00. The number of benzene rings is 2. The van der Waals surface area contributed by atoms with Gasteiger partial charge in [0.2, 0.25) is 0 Å². The molecule has 0 saturated carbocycles. The zero-order valence-electron chi connectivity index (χ0n) is 12.9. The highest BCUT2D eigenvalue weighted by Gasteiger charge is 2.26. The summed E-state index contributed by atoms with van der Waals surface area (Å²) in [5.74, 6) is 0. The molecule has 0 heterocycles. The maximum atomic E-state index is 2.37. The number of hydrogen-bond acceptors (Lipinski definition) is 1. The van der Waals surface area contributed by atoms with Crippen LogP contribution in [0, 0.1) is 0 Å². The lowest BCUT2D eigenvalue weighted by Crippen LogP contribution is -2.31. The minimum Gasteiger partial charge on any atom is -0.302 e. The first-order valence-electron chi connectivity index (χ1n) is 7.77. The number of rotatable bonds is 3. The van der Waals surface area contributed by atoms with Gasteiger partial charge < -0.3 is 4.90 Å². The molecule has 0 fully saturated rings. The van der Waals surface area contributed by atoms with Gasteiger partial charge in [0.05, 0.1) is 0 Å². The molecule has 0 spiro atoms. The summed E-state index contributed by atoms with van der Waals surface area (Å²) in [6, 6.07) is 22.3. The van der Waals surface area contributed by atoms with E-state index in [1.165, 1.54) is 41.5 Å². The maximum Gasteiger partial charge on any atom is 0.0351 e. The highest BCUT2D eigenvalue weighted by molar-refractivity contribution is 5.93. The Balaban J connectivity index is 2.17. The Bertz CT molecular complexity index is 611. The van der Waals surface area contributed by atoms with Crippen molar-refractivity contribution in [3.63, 3.8) is 0 Å². The molecular formula is C20H23N. The third-order valence-electron chi connectivity index (χ3n) is 4.39. The summed E-state index contributed by atoms with van der Waals surface area (Å²) in [6.07, 6.45) is 3.69. The van der Waals surface area contributed by atoms with E-state index in [4.69, 9.17) is 0 Å². The first-order valence-corrected chi connectivity index (χ1v) is 7.77. The number of allylic oxidation sites excluding steroid dienone is 1. The van der Waals surface area contributed by atoms with Crippen LogP contribution >= 0.6 is 0 Å². The smallest absolute Gasteiger partial charge is 0.0351 e. The van der Waals surface area contributed by atoms with Crippen molar-refractivity contribution in [1.82, 2.24) is 4.90 Å². The van der Waals surface area contributed by atoms with Gasteiger partial charge in [-0.1, -0.05) is 60.7 Å². The van der Waals surface area contributed by atoms with Crippen molar-refractivity contribution in [2.24, 2.45) is 0 Å². The SMILES string of the molecule is CN(C)C1CCCC(c2ccccc2)=C1c1ccccc1.